The lowest BCUT2D eigenvalue weighted by atomic mass is 9.62. The highest BCUT2D eigenvalue weighted by Gasteiger charge is 2.68. The molecule has 9 atom stereocenters. The third kappa shape index (κ3) is 3.78. The van der Waals surface area contributed by atoms with Crippen LogP contribution in [-0.2, 0) is 14.2 Å². The molecule has 0 aromatic carbocycles. The van der Waals surface area contributed by atoms with E-state index in [1.54, 1.807) is 14.2 Å². The van der Waals surface area contributed by atoms with Crippen LogP contribution >= 0.6 is 0 Å². The molecule has 1 aliphatic heterocycles. The summed E-state index contributed by atoms with van der Waals surface area (Å²) in [7, 11) is 3.42. The average molecular weight is 431 g/mol. The van der Waals surface area contributed by atoms with Crippen LogP contribution in [0.15, 0.2) is 35.5 Å². The molecule has 4 heteroatoms. The zero-order chi connectivity index (χ0) is 22.6. The Morgan fingerprint density at radius 1 is 1.26 bits per heavy atom. The van der Waals surface area contributed by atoms with Crippen molar-refractivity contribution in [1.82, 2.24) is 0 Å². The summed E-state index contributed by atoms with van der Waals surface area (Å²) in [6.45, 7) is 11.1. The molecule has 1 saturated heterocycles. The largest absolute Gasteiger partial charge is 0.390 e. The number of aliphatic hydroxyl groups is 1. The number of fused-ring (bicyclic) bond motifs is 1. The number of allylic oxidation sites excluding steroid dienone is 5. The van der Waals surface area contributed by atoms with Gasteiger partial charge in [0.15, 0.2) is 12.1 Å². The number of rotatable bonds is 5. The zero-order valence-electron chi connectivity index (χ0n) is 20.5. The van der Waals surface area contributed by atoms with E-state index in [1.807, 2.05) is 6.92 Å². The number of methoxy groups -OCH3 is 2. The first-order valence-corrected chi connectivity index (χ1v) is 12.1. The molecule has 4 aliphatic rings. The van der Waals surface area contributed by atoms with Crippen molar-refractivity contribution in [3.05, 3.63) is 35.5 Å². The maximum Gasteiger partial charge on any atom is 0.183 e. The van der Waals surface area contributed by atoms with Gasteiger partial charge in [0.25, 0.3) is 0 Å². The highest BCUT2D eigenvalue weighted by atomic mass is 16.8. The topological polar surface area (TPSA) is 47.9 Å². The van der Waals surface area contributed by atoms with E-state index in [2.05, 4.69) is 52.0 Å². The van der Waals surface area contributed by atoms with Gasteiger partial charge in [0.1, 0.15) is 0 Å². The van der Waals surface area contributed by atoms with Gasteiger partial charge in [-0.25, -0.2) is 0 Å². The summed E-state index contributed by atoms with van der Waals surface area (Å²) in [6.07, 6.45) is 13.9. The monoisotopic (exact) mass is 430 g/mol. The predicted octanol–water partition coefficient (Wildman–Crippen LogP) is 5.63. The van der Waals surface area contributed by atoms with Crippen LogP contribution in [0.5, 0.6) is 0 Å². The Kier molecular flexibility index (Phi) is 6.09. The maximum atomic E-state index is 11.5. The van der Waals surface area contributed by atoms with Crippen LogP contribution in [0.2, 0.25) is 0 Å². The summed E-state index contributed by atoms with van der Waals surface area (Å²) in [5.41, 5.74) is 1.93. The first kappa shape index (κ1) is 23.2. The van der Waals surface area contributed by atoms with E-state index >= 15 is 0 Å². The number of ether oxygens (including phenoxy) is 3. The van der Waals surface area contributed by atoms with Gasteiger partial charge in [-0.05, 0) is 81.1 Å². The van der Waals surface area contributed by atoms with Crippen LogP contribution in [0.25, 0.3) is 0 Å². The zero-order valence-corrected chi connectivity index (χ0v) is 20.5. The van der Waals surface area contributed by atoms with Gasteiger partial charge in [-0.15, -0.1) is 0 Å². The van der Waals surface area contributed by atoms with E-state index in [0.29, 0.717) is 24.2 Å². The Hall–Kier alpha value is -0.940. The van der Waals surface area contributed by atoms with Gasteiger partial charge in [0.2, 0.25) is 0 Å². The molecule has 0 radical (unpaired) electrons. The highest BCUT2D eigenvalue weighted by molar-refractivity contribution is 5.28. The van der Waals surface area contributed by atoms with Crippen LogP contribution in [0.1, 0.15) is 66.7 Å². The normalized spacial score (nSPS) is 47.5. The molecule has 174 valence electrons. The third-order valence-corrected chi connectivity index (χ3v) is 9.05. The molecule has 0 unspecified atom stereocenters. The Morgan fingerprint density at radius 2 is 2.00 bits per heavy atom. The first-order chi connectivity index (χ1) is 14.6. The molecular formula is C27H42O4. The Balaban J connectivity index is 1.69. The van der Waals surface area contributed by atoms with Gasteiger partial charge in [-0.1, -0.05) is 43.7 Å². The molecule has 3 aliphatic carbocycles. The molecule has 0 spiro atoms. The molecule has 2 saturated carbocycles. The molecule has 0 aromatic rings. The van der Waals surface area contributed by atoms with Crippen molar-refractivity contribution >= 4 is 0 Å². The van der Waals surface area contributed by atoms with Gasteiger partial charge in [0, 0.05) is 26.6 Å². The molecule has 0 aromatic heterocycles. The third-order valence-electron chi connectivity index (χ3n) is 9.05. The lowest BCUT2D eigenvalue weighted by Gasteiger charge is -2.43. The van der Waals surface area contributed by atoms with Crippen molar-refractivity contribution in [2.45, 2.75) is 84.4 Å². The lowest BCUT2D eigenvalue weighted by molar-refractivity contribution is -0.265. The van der Waals surface area contributed by atoms with E-state index in [1.165, 1.54) is 24.0 Å². The summed E-state index contributed by atoms with van der Waals surface area (Å²) in [6, 6.07) is 0. The summed E-state index contributed by atoms with van der Waals surface area (Å²) in [5, 5.41) is 11.5. The minimum absolute atomic E-state index is 0.0595. The van der Waals surface area contributed by atoms with E-state index in [4.69, 9.17) is 14.2 Å². The Bertz CT molecular complexity index is 776. The van der Waals surface area contributed by atoms with Crippen LogP contribution in [0, 0.1) is 35.0 Å². The summed E-state index contributed by atoms with van der Waals surface area (Å²) >= 11 is 0. The van der Waals surface area contributed by atoms with E-state index < -0.39 is 11.4 Å². The highest BCUT2D eigenvalue weighted by Crippen LogP contribution is 2.65. The van der Waals surface area contributed by atoms with Gasteiger partial charge < -0.3 is 19.3 Å². The molecule has 3 fully saturated rings. The van der Waals surface area contributed by atoms with E-state index in [-0.39, 0.29) is 23.5 Å². The SMILES string of the molecule is CO[C@@H]1O[C@]2(OC)C[C@@](C)(O)[C@H]3C[C@@]4(C)CC[C@H]([C@@H](C)/C=C\C=C(C)C)[C@@H]4CC=C1[C@@H]32. The summed E-state index contributed by atoms with van der Waals surface area (Å²) in [5.74, 6) is 1.19. The van der Waals surface area contributed by atoms with Crippen molar-refractivity contribution in [2.24, 2.45) is 35.0 Å². The van der Waals surface area contributed by atoms with Gasteiger partial charge >= 0.3 is 0 Å². The average Bonchev–Trinajstić information content (AvgIpc) is 3.23. The van der Waals surface area contributed by atoms with Crippen molar-refractivity contribution in [3.63, 3.8) is 0 Å². The number of hydrogen-bond acceptors (Lipinski definition) is 4. The van der Waals surface area contributed by atoms with Crippen LogP contribution in [-0.4, -0.2) is 37.0 Å². The fourth-order valence-electron chi connectivity index (χ4n) is 7.47. The predicted molar refractivity (Wildman–Crippen MR) is 123 cm³/mol. The van der Waals surface area contributed by atoms with Crippen molar-refractivity contribution < 1.29 is 19.3 Å². The molecule has 4 nitrogen and oxygen atoms in total. The van der Waals surface area contributed by atoms with Crippen molar-refractivity contribution in [2.75, 3.05) is 14.2 Å². The van der Waals surface area contributed by atoms with Crippen molar-refractivity contribution in [3.8, 4) is 0 Å². The van der Waals surface area contributed by atoms with Gasteiger partial charge in [0.05, 0.1) is 5.60 Å². The Morgan fingerprint density at radius 3 is 2.65 bits per heavy atom. The molecule has 4 rings (SSSR count). The summed E-state index contributed by atoms with van der Waals surface area (Å²) < 4.78 is 18.1. The second-order valence-electron chi connectivity index (χ2n) is 11.4. The lowest BCUT2D eigenvalue weighted by Crippen LogP contribution is -2.40. The molecular weight excluding hydrogens is 388 g/mol. The summed E-state index contributed by atoms with van der Waals surface area (Å²) in [4.78, 5) is 0. The molecule has 0 amide bonds. The van der Waals surface area contributed by atoms with Crippen LogP contribution in [0.4, 0.5) is 0 Å². The molecule has 31 heavy (non-hydrogen) atoms. The second-order valence-corrected chi connectivity index (χ2v) is 11.4. The fraction of sp³-hybridized carbons (Fsp3) is 0.778. The fourth-order valence-corrected chi connectivity index (χ4v) is 7.47. The Labute approximate surface area is 188 Å². The molecule has 1 heterocycles. The first-order valence-electron chi connectivity index (χ1n) is 12.1. The quantitative estimate of drug-likeness (QED) is 0.454. The number of hydrogen-bond donors (Lipinski definition) is 1. The van der Waals surface area contributed by atoms with E-state index in [9.17, 15) is 5.11 Å². The van der Waals surface area contributed by atoms with Gasteiger partial charge in [-0.2, -0.15) is 0 Å². The van der Waals surface area contributed by atoms with Crippen LogP contribution in [0.3, 0.4) is 0 Å². The van der Waals surface area contributed by atoms with Crippen molar-refractivity contribution in [1.29, 1.82) is 0 Å². The smallest absolute Gasteiger partial charge is 0.183 e. The molecule has 1 N–H and O–H groups in total. The molecule has 0 bridgehead atoms. The maximum absolute atomic E-state index is 11.5. The van der Waals surface area contributed by atoms with Crippen LogP contribution < -0.4 is 0 Å². The van der Waals surface area contributed by atoms with E-state index in [0.717, 1.165) is 12.8 Å². The second kappa shape index (κ2) is 8.13. The minimum atomic E-state index is -0.809. The minimum Gasteiger partial charge on any atom is -0.390 e. The van der Waals surface area contributed by atoms with Gasteiger partial charge in [-0.3, -0.25) is 0 Å². The standard InChI is InChI=1S/C27H42O4/c1-17(2)9-8-10-18(3)19-13-14-25(4)15-22-23-20(11-12-21(19)25)24(29-6)31-27(23,30-7)16-26(22,5)28/h8-11,18-19,21-24,28H,12-16H2,1-7H3/b10-8-,20-11?/t18-,19+,21-,22-,23-,24+,25+,26+,27+/m0/s1.